The molecular formula is C9H8O6. The van der Waals surface area contributed by atoms with E-state index in [2.05, 4.69) is 0 Å². The molecule has 0 bridgehead atoms. The van der Waals surface area contributed by atoms with E-state index in [-0.39, 0.29) is 17.6 Å². The summed E-state index contributed by atoms with van der Waals surface area (Å²) in [6, 6.07) is 5.48. The van der Waals surface area contributed by atoms with Gasteiger partial charge in [-0.15, -0.1) is 0 Å². The van der Waals surface area contributed by atoms with E-state index in [1.165, 1.54) is 24.3 Å². The van der Waals surface area contributed by atoms with Gasteiger partial charge in [-0.3, -0.25) is 4.79 Å². The first-order valence-corrected chi connectivity index (χ1v) is 3.68. The minimum absolute atomic E-state index is 0.190. The molecule has 1 aromatic rings. The molecule has 15 heavy (non-hydrogen) atoms. The van der Waals surface area contributed by atoms with E-state index in [1.54, 1.807) is 0 Å². The standard InChI is InChI=1S/C8H6O4.CH2O2/c9-7(10)5-3-1-2-4-6(5)8(11)12;2-1-3/h1-4H,(H,9,10)(H,11,12);1H,(H,2,3). The maximum absolute atomic E-state index is 10.5. The average Bonchev–Trinajstić information content (AvgIpc) is 2.19. The molecule has 0 amide bonds. The number of carboxylic acid groups (broad SMARTS) is 3. The van der Waals surface area contributed by atoms with Crippen molar-refractivity contribution in [2.24, 2.45) is 0 Å². The summed E-state index contributed by atoms with van der Waals surface area (Å²) >= 11 is 0. The van der Waals surface area contributed by atoms with Crippen molar-refractivity contribution in [3.8, 4) is 0 Å². The molecule has 0 heterocycles. The van der Waals surface area contributed by atoms with Crippen molar-refractivity contribution in [2.75, 3.05) is 0 Å². The third-order valence-electron chi connectivity index (χ3n) is 1.39. The quantitative estimate of drug-likeness (QED) is 0.624. The zero-order chi connectivity index (χ0) is 11.8. The molecule has 0 atom stereocenters. The summed E-state index contributed by atoms with van der Waals surface area (Å²) in [5.74, 6) is -2.46. The van der Waals surface area contributed by atoms with Crippen LogP contribution in [0.4, 0.5) is 0 Å². The van der Waals surface area contributed by atoms with Crippen LogP contribution in [0.2, 0.25) is 0 Å². The lowest BCUT2D eigenvalue weighted by Crippen LogP contribution is -2.06. The molecule has 80 valence electrons. The SMILES string of the molecule is O=C(O)c1ccccc1C(=O)O.O=CO. The van der Waals surface area contributed by atoms with E-state index in [9.17, 15) is 9.59 Å². The minimum Gasteiger partial charge on any atom is -0.483 e. The number of carboxylic acids is 2. The van der Waals surface area contributed by atoms with Gasteiger partial charge >= 0.3 is 11.9 Å². The Balaban J connectivity index is 0.000000583. The van der Waals surface area contributed by atoms with Crippen molar-refractivity contribution < 1.29 is 29.7 Å². The first-order chi connectivity index (χ1) is 7.04. The topological polar surface area (TPSA) is 112 Å². The van der Waals surface area contributed by atoms with Crippen molar-refractivity contribution in [3.05, 3.63) is 35.4 Å². The van der Waals surface area contributed by atoms with Crippen LogP contribution in [-0.2, 0) is 4.79 Å². The Morgan fingerprint density at radius 3 is 1.47 bits per heavy atom. The Hall–Kier alpha value is -2.37. The summed E-state index contributed by atoms with van der Waals surface area (Å²) in [5.41, 5.74) is -0.380. The van der Waals surface area contributed by atoms with E-state index in [0.717, 1.165) is 0 Å². The largest absolute Gasteiger partial charge is 0.483 e. The maximum Gasteiger partial charge on any atom is 0.336 e. The summed E-state index contributed by atoms with van der Waals surface area (Å²) < 4.78 is 0. The minimum atomic E-state index is -1.23. The molecule has 1 aromatic carbocycles. The third kappa shape index (κ3) is 3.90. The average molecular weight is 212 g/mol. The molecule has 0 unspecified atom stereocenters. The predicted molar refractivity (Wildman–Crippen MR) is 49.1 cm³/mol. The third-order valence-corrected chi connectivity index (χ3v) is 1.39. The molecule has 0 saturated carbocycles. The van der Waals surface area contributed by atoms with Crippen LogP contribution in [0.1, 0.15) is 20.7 Å². The lowest BCUT2D eigenvalue weighted by atomic mass is 10.1. The molecule has 0 aliphatic rings. The van der Waals surface area contributed by atoms with Crippen molar-refractivity contribution in [3.63, 3.8) is 0 Å². The fourth-order valence-electron chi connectivity index (χ4n) is 0.856. The van der Waals surface area contributed by atoms with Crippen LogP contribution >= 0.6 is 0 Å². The molecule has 0 spiro atoms. The monoisotopic (exact) mass is 212 g/mol. The van der Waals surface area contributed by atoms with Crippen molar-refractivity contribution in [2.45, 2.75) is 0 Å². The molecule has 0 radical (unpaired) electrons. The summed E-state index contributed by atoms with van der Waals surface area (Å²) in [6.45, 7) is -0.250. The molecule has 0 aromatic heterocycles. The van der Waals surface area contributed by atoms with E-state index in [4.69, 9.17) is 20.1 Å². The predicted octanol–water partition coefficient (Wildman–Crippen LogP) is 0.784. The van der Waals surface area contributed by atoms with Crippen molar-refractivity contribution >= 4 is 18.4 Å². The smallest absolute Gasteiger partial charge is 0.336 e. The number of carbonyl (C=O) groups is 3. The molecule has 0 fully saturated rings. The van der Waals surface area contributed by atoms with Crippen molar-refractivity contribution in [1.82, 2.24) is 0 Å². The van der Waals surface area contributed by atoms with Crippen LogP contribution in [0.25, 0.3) is 0 Å². The van der Waals surface area contributed by atoms with Crippen LogP contribution in [0.15, 0.2) is 24.3 Å². The van der Waals surface area contributed by atoms with Crippen LogP contribution in [0.3, 0.4) is 0 Å². The van der Waals surface area contributed by atoms with Crippen LogP contribution < -0.4 is 0 Å². The summed E-state index contributed by atoms with van der Waals surface area (Å²) in [7, 11) is 0. The highest BCUT2D eigenvalue weighted by atomic mass is 16.4. The molecular weight excluding hydrogens is 204 g/mol. The zero-order valence-electron chi connectivity index (χ0n) is 7.45. The molecule has 3 N–H and O–H groups in total. The Bertz CT molecular complexity index is 338. The van der Waals surface area contributed by atoms with E-state index in [1.807, 2.05) is 0 Å². The van der Waals surface area contributed by atoms with Crippen LogP contribution in [0.5, 0.6) is 0 Å². The highest BCUT2D eigenvalue weighted by Gasteiger charge is 2.13. The van der Waals surface area contributed by atoms with Gasteiger partial charge in [0.25, 0.3) is 6.47 Å². The van der Waals surface area contributed by atoms with Gasteiger partial charge < -0.3 is 15.3 Å². The number of hydrogen-bond acceptors (Lipinski definition) is 3. The Morgan fingerprint density at radius 1 is 1.00 bits per heavy atom. The lowest BCUT2D eigenvalue weighted by molar-refractivity contribution is -0.122. The molecule has 6 heteroatoms. The van der Waals surface area contributed by atoms with Gasteiger partial charge in [-0.25, -0.2) is 9.59 Å². The fraction of sp³-hybridized carbons (Fsp3) is 0. The molecule has 1 rings (SSSR count). The molecule has 0 aliphatic heterocycles. The number of rotatable bonds is 2. The van der Waals surface area contributed by atoms with Crippen LogP contribution in [0, 0.1) is 0 Å². The van der Waals surface area contributed by atoms with E-state index < -0.39 is 11.9 Å². The van der Waals surface area contributed by atoms with E-state index >= 15 is 0 Å². The normalized spacial score (nSPS) is 8.27. The number of benzene rings is 1. The highest BCUT2D eigenvalue weighted by molar-refractivity contribution is 6.01. The molecule has 0 saturated heterocycles. The summed E-state index contributed by atoms with van der Waals surface area (Å²) in [4.78, 5) is 29.3. The van der Waals surface area contributed by atoms with E-state index in [0.29, 0.717) is 0 Å². The Morgan fingerprint density at radius 2 is 1.27 bits per heavy atom. The maximum atomic E-state index is 10.5. The van der Waals surface area contributed by atoms with Crippen molar-refractivity contribution in [1.29, 1.82) is 0 Å². The second-order valence-electron chi connectivity index (χ2n) is 2.26. The highest BCUT2D eigenvalue weighted by Crippen LogP contribution is 2.07. The first kappa shape index (κ1) is 12.6. The van der Waals surface area contributed by atoms with Gasteiger partial charge in [0.2, 0.25) is 0 Å². The first-order valence-electron chi connectivity index (χ1n) is 3.68. The van der Waals surface area contributed by atoms with Gasteiger partial charge in [0.15, 0.2) is 0 Å². The molecule has 6 nitrogen and oxygen atoms in total. The van der Waals surface area contributed by atoms with Gasteiger partial charge in [0.1, 0.15) is 0 Å². The summed E-state index contributed by atoms with van der Waals surface area (Å²) in [5, 5.41) is 24.0. The second kappa shape index (κ2) is 6.14. The van der Waals surface area contributed by atoms with Crippen LogP contribution in [-0.4, -0.2) is 33.7 Å². The second-order valence-corrected chi connectivity index (χ2v) is 2.26. The fourth-order valence-corrected chi connectivity index (χ4v) is 0.856. The number of hydrogen-bond donors (Lipinski definition) is 3. The Labute approximate surface area is 84.4 Å². The lowest BCUT2D eigenvalue weighted by Gasteiger charge is -1.98. The number of aromatic carboxylic acids is 2. The van der Waals surface area contributed by atoms with Gasteiger partial charge in [-0.05, 0) is 12.1 Å². The molecule has 0 aliphatic carbocycles. The van der Waals surface area contributed by atoms with Gasteiger partial charge in [-0.2, -0.15) is 0 Å². The summed E-state index contributed by atoms with van der Waals surface area (Å²) in [6.07, 6.45) is 0. The van der Waals surface area contributed by atoms with Gasteiger partial charge in [0, 0.05) is 0 Å². The zero-order valence-corrected chi connectivity index (χ0v) is 7.45. The van der Waals surface area contributed by atoms with Gasteiger partial charge in [0.05, 0.1) is 11.1 Å². The van der Waals surface area contributed by atoms with Gasteiger partial charge in [-0.1, -0.05) is 12.1 Å². The Kier molecular flexibility index (Phi) is 5.17.